The fraction of sp³-hybridized carbons (Fsp3) is 0.458. The molecule has 1 aliphatic heterocycles. The lowest BCUT2D eigenvalue weighted by atomic mass is 9.87. The van der Waals surface area contributed by atoms with Crippen molar-refractivity contribution in [3.8, 4) is 0 Å². The van der Waals surface area contributed by atoms with E-state index in [1.807, 2.05) is 12.1 Å². The zero-order chi connectivity index (χ0) is 23.3. The van der Waals surface area contributed by atoms with E-state index in [2.05, 4.69) is 34.0 Å². The number of rotatable bonds is 5. The summed E-state index contributed by atoms with van der Waals surface area (Å²) >= 11 is 7.53. The Morgan fingerprint density at radius 3 is 2.97 bits per heavy atom. The predicted octanol–water partition coefficient (Wildman–Crippen LogP) is 3.91. The van der Waals surface area contributed by atoms with E-state index in [-0.39, 0.29) is 11.7 Å². The summed E-state index contributed by atoms with van der Waals surface area (Å²) in [5.41, 5.74) is 7.79. The van der Waals surface area contributed by atoms with Gasteiger partial charge in [0.25, 0.3) is 5.91 Å². The average molecular weight is 486 g/mol. The third-order valence-electron chi connectivity index (χ3n) is 6.95. The molecule has 33 heavy (non-hydrogen) atoms. The Balaban J connectivity index is 1.34. The van der Waals surface area contributed by atoms with Crippen LogP contribution in [0.15, 0.2) is 24.3 Å². The summed E-state index contributed by atoms with van der Waals surface area (Å²) in [5.74, 6) is -0.438. The minimum atomic E-state index is -1.16. The van der Waals surface area contributed by atoms with Crippen LogP contribution in [0.5, 0.6) is 0 Å². The maximum Gasteiger partial charge on any atom is 0.280 e. The van der Waals surface area contributed by atoms with E-state index >= 15 is 0 Å². The van der Waals surface area contributed by atoms with Crippen molar-refractivity contribution in [1.29, 1.82) is 0 Å². The lowest BCUT2D eigenvalue weighted by Crippen LogP contribution is -2.60. The molecule has 2 unspecified atom stereocenters. The van der Waals surface area contributed by atoms with Crippen LogP contribution < -0.4 is 11.1 Å². The number of H-pyrrole nitrogens is 1. The van der Waals surface area contributed by atoms with Gasteiger partial charge in [-0.05, 0) is 57.4 Å². The molecule has 3 heterocycles. The molecule has 0 spiro atoms. The van der Waals surface area contributed by atoms with Gasteiger partial charge in [-0.2, -0.15) is 0 Å². The standard InChI is InChI=1S/C24H28ClN5O2S/c1-13(2)30-9-7-17-19(12-30)33-23(28-17)22(32)29-20-4-3-8-24(20,26)21(31)18-11-14-10-15(25)5-6-16(14)27-18/h5-6,10-11,13,20,27H,3-4,7-9,12,26H2,1-2H3,(H,29,32). The number of fused-ring (bicyclic) bond motifs is 2. The summed E-state index contributed by atoms with van der Waals surface area (Å²) in [5, 5.41) is 4.95. The molecule has 5 rings (SSSR count). The highest BCUT2D eigenvalue weighted by Gasteiger charge is 2.47. The van der Waals surface area contributed by atoms with Gasteiger partial charge in [0.2, 0.25) is 5.78 Å². The zero-order valence-electron chi connectivity index (χ0n) is 18.8. The molecule has 1 saturated carbocycles. The molecule has 174 valence electrons. The smallest absolute Gasteiger partial charge is 0.280 e. The van der Waals surface area contributed by atoms with Crippen LogP contribution in [0.1, 0.15) is 64.0 Å². The van der Waals surface area contributed by atoms with Gasteiger partial charge in [-0.25, -0.2) is 4.98 Å². The molecule has 1 amide bonds. The highest BCUT2D eigenvalue weighted by Crippen LogP contribution is 2.33. The van der Waals surface area contributed by atoms with Crippen molar-refractivity contribution in [1.82, 2.24) is 20.2 Å². The third-order valence-corrected chi connectivity index (χ3v) is 8.26. The second-order valence-corrected chi connectivity index (χ2v) is 10.9. The number of aromatic amines is 1. The summed E-state index contributed by atoms with van der Waals surface area (Å²) in [4.78, 5) is 37.9. The molecular formula is C24H28ClN5O2S. The number of nitrogens with two attached hydrogens (primary N) is 1. The third kappa shape index (κ3) is 4.10. The van der Waals surface area contributed by atoms with Crippen LogP contribution in [-0.2, 0) is 13.0 Å². The molecule has 2 aliphatic rings. The maximum absolute atomic E-state index is 13.5. The van der Waals surface area contributed by atoms with E-state index in [0.717, 1.165) is 47.4 Å². The van der Waals surface area contributed by atoms with Crippen molar-refractivity contribution in [3.63, 3.8) is 0 Å². The highest BCUT2D eigenvalue weighted by atomic mass is 35.5. The summed E-state index contributed by atoms with van der Waals surface area (Å²) in [7, 11) is 0. The minimum Gasteiger partial charge on any atom is -0.352 e. The first-order valence-corrected chi connectivity index (χ1v) is 12.6. The second kappa shape index (κ2) is 8.51. The van der Waals surface area contributed by atoms with Crippen molar-refractivity contribution in [2.24, 2.45) is 5.73 Å². The number of thiazole rings is 1. The molecule has 0 radical (unpaired) electrons. The van der Waals surface area contributed by atoms with Gasteiger partial charge < -0.3 is 16.0 Å². The Hall–Kier alpha value is -2.26. The number of hydrogen-bond acceptors (Lipinski definition) is 6. The van der Waals surface area contributed by atoms with Crippen LogP contribution in [0.3, 0.4) is 0 Å². The van der Waals surface area contributed by atoms with E-state index in [9.17, 15) is 9.59 Å². The van der Waals surface area contributed by atoms with Gasteiger partial charge in [-0.1, -0.05) is 11.6 Å². The summed E-state index contributed by atoms with van der Waals surface area (Å²) in [6.07, 6.45) is 2.80. The van der Waals surface area contributed by atoms with Gasteiger partial charge in [-0.15, -0.1) is 11.3 Å². The van der Waals surface area contributed by atoms with Crippen LogP contribution in [-0.4, -0.2) is 50.7 Å². The van der Waals surface area contributed by atoms with Gasteiger partial charge in [0, 0.05) is 46.4 Å². The number of Topliss-reactive ketones (excluding diaryl/α,β-unsaturated/α-hetero) is 1. The van der Waals surface area contributed by atoms with Crippen molar-refractivity contribution >= 4 is 45.5 Å². The van der Waals surface area contributed by atoms with Gasteiger partial charge in [0.1, 0.15) is 5.54 Å². The molecule has 2 atom stereocenters. The molecule has 1 aliphatic carbocycles. The quantitative estimate of drug-likeness (QED) is 0.475. The molecule has 0 bridgehead atoms. The molecule has 4 N–H and O–H groups in total. The number of ketones is 1. The average Bonchev–Trinajstić information content (AvgIpc) is 3.49. The van der Waals surface area contributed by atoms with E-state index in [1.54, 1.807) is 12.1 Å². The minimum absolute atomic E-state index is 0.191. The molecular weight excluding hydrogens is 458 g/mol. The first-order chi connectivity index (χ1) is 15.7. The number of halogens is 1. The number of nitrogens with zero attached hydrogens (tertiary/aromatic N) is 2. The molecule has 9 heteroatoms. The second-order valence-electron chi connectivity index (χ2n) is 9.41. The first-order valence-electron chi connectivity index (χ1n) is 11.4. The van der Waals surface area contributed by atoms with Crippen LogP contribution in [0.25, 0.3) is 10.9 Å². The summed E-state index contributed by atoms with van der Waals surface area (Å²) in [6, 6.07) is 7.23. The van der Waals surface area contributed by atoms with Gasteiger partial charge in [-0.3, -0.25) is 14.5 Å². The zero-order valence-corrected chi connectivity index (χ0v) is 20.4. The van der Waals surface area contributed by atoms with Crippen molar-refractivity contribution < 1.29 is 9.59 Å². The number of amides is 1. The number of aromatic nitrogens is 2. The monoisotopic (exact) mass is 485 g/mol. The van der Waals surface area contributed by atoms with Crippen LogP contribution in [0.4, 0.5) is 0 Å². The number of hydrogen-bond donors (Lipinski definition) is 3. The topological polar surface area (TPSA) is 104 Å². The molecule has 3 aromatic rings. The largest absolute Gasteiger partial charge is 0.352 e. The fourth-order valence-corrected chi connectivity index (χ4v) is 6.17. The molecule has 7 nitrogen and oxygen atoms in total. The number of carbonyl (C=O) groups is 2. The fourth-order valence-electron chi connectivity index (χ4n) is 4.95. The molecule has 1 aromatic carbocycles. The molecule has 0 saturated heterocycles. The number of benzene rings is 1. The highest BCUT2D eigenvalue weighted by molar-refractivity contribution is 7.13. The first kappa shape index (κ1) is 22.5. The molecule has 2 aromatic heterocycles. The van der Waals surface area contributed by atoms with E-state index in [4.69, 9.17) is 17.3 Å². The maximum atomic E-state index is 13.5. The number of nitrogens with one attached hydrogen (secondary N) is 2. The van der Waals surface area contributed by atoms with Gasteiger partial charge in [0.05, 0.1) is 17.4 Å². The molecule has 1 fully saturated rings. The summed E-state index contributed by atoms with van der Waals surface area (Å²) in [6.45, 7) is 6.14. The van der Waals surface area contributed by atoms with Crippen LogP contribution in [0.2, 0.25) is 5.02 Å². The van der Waals surface area contributed by atoms with Crippen LogP contribution >= 0.6 is 22.9 Å². The SMILES string of the molecule is CC(C)N1CCc2nc(C(=O)NC3CCCC3(N)C(=O)c3cc4cc(Cl)ccc4[nH]3)sc2C1. The van der Waals surface area contributed by atoms with E-state index in [1.165, 1.54) is 11.3 Å². The lowest BCUT2D eigenvalue weighted by molar-refractivity contribution is 0.0831. The van der Waals surface area contributed by atoms with Crippen molar-refractivity contribution in [2.75, 3.05) is 6.54 Å². The van der Waals surface area contributed by atoms with Gasteiger partial charge in [0.15, 0.2) is 5.01 Å². The normalized spacial score (nSPS) is 23.2. The van der Waals surface area contributed by atoms with Crippen LogP contribution in [0, 0.1) is 0 Å². The Kier molecular flexibility index (Phi) is 5.81. The Morgan fingerprint density at radius 1 is 1.36 bits per heavy atom. The Bertz CT molecular complexity index is 1230. The van der Waals surface area contributed by atoms with Crippen molar-refractivity contribution in [2.45, 2.75) is 63.7 Å². The van der Waals surface area contributed by atoms with E-state index < -0.39 is 11.6 Å². The lowest BCUT2D eigenvalue weighted by Gasteiger charge is -2.30. The van der Waals surface area contributed by atoms with Gasteiger partial charge >= 0.3 is 0 Å². The predicted molar refractivity (Wildman–Crippen MR) is 131 cm³/mol. The van der Waals surface area contributed by atoms with E-state index in [0.29, 0.717) is 34.6 Å². The summed E-state index contributed by atoms with van der Waals surface area (Å²) < 4.78 is 0. The Morgan fingerprint density at radius 2 is 2.18 bits per heavy atom. The van der Waals surface area contributed by atoms with Crippen molar-refractivity contribution in [3.05, 3.63) is 50.6 Å². The Labute approximate surface area is 201 Å². The number of carbonyl (C=O) groups excluding carboxylic acids is 2.